The minimum Gasteiger partial charge on any atom is -0.333 e. The Morgan fingerprint density at radius 2 is 2.00 bits per heavy atom. The lowest BCUT2D eigenvalue weighted by atomic mass is 9.91. The summed E-state index contributed by atoms with van der Waals surface area (Å²) in [6.45, 7) is 1.99. The van der Waals surface area contributed by atoms with E-state index in [2.05, 4.69) is 5.32 Å². The third-order valence-electron chi connectivity index (χ3n) is 4.61. The highest BCUT2D eigenvalue weighted by atomic mass is 19.3. The zero-order valence-corrected chi connectivity index (χ0v) is 12.7. The first-order valence-electron chi connectivity index (χ1n) is 8.03. The Labute approximate surface area is 129 Å². The number of carbonyl (C=O) groups excluding carboxylic acids is 1. The van der Waals surface area contributed by atoms with E-state index in [1.54, 1.807) is 12.1 Å². The number of likely N-dealkylation sites (tertiary alicyclic amines) is 1. The number of amides is 1. The minimum absolute atomic E-state index is 0.121. The Hall–Kier alpha value is -1.49. The predicted octanol–water partition coefficient (Wildman–Crippen LogP) is 3.02. The van der Waals surface area contributed by atoms with E-state index in [9.17, 15) is 13.6 Å². The van der Waals surface area contributed by atoms with Crippen LogP contribution in [0.25, 0.3) is 0 Å². The van der Waals surface area contributed by atoms with Crippen LogP contribution >= 0.6 is 0 Å². The number of benzene rings is 1. The second-order valence-electron chi connectivity index (χ2n) is 6.35. The summed E-state index contributed by atoms with van der Waals surface area (Å²) < 4.78 is 26.9. The monoisotopic (exact) mass is 308 g/mol. The lowest BCUT2D eigenvalue weighted by Gasteiger charge is -2.32. The molecule has 1 aromatic carbocycles. The molecule has 2 fully saturated rings. The molecule has 1 amide bonds. The highest BCUT2D eigenvalue weighted by molar-refractivity contribution is 5.94. The van der Waals surface area contributed by atoms with Crippen LogP contribution < -0.4 is 5.32 Å². The number of hydrogen-bond donors (Lipinski definition) is 1. The summed E-state index contributed by atoms with van der Waals surface area (Å²) in [5.41, 5.74) is 1.72. The van der Waals surface area contributed by atoms with E-state index in [1.165, 1.54) is 10.5 Å². The number of rotatable bonds is 2. The van der Waals surface area contributed by atoms with Gasteiger partial charge in [-0.25, -0.2) is 8.78 Å². The van der Waals surface area contributed by atoms with Gasteiger partial charge in [0.2, 0.25) is 0 Å². The van der Waals surface area contributed by atoms with E-state index in [1.807, 2.05) is 12.1 Å². The van der Waals surface area contributed by atoms with Crippen molar-refractivity contribution >= 4 is 5.91 Å². The van der Waals surface area contributed by atoms with Crippen molar-refractivity contribution in [3.05, 3.63) is 35.4 Å². The topological polar surface area (TPSA) is 32.3 Å². The molecule has 0 spiro atoms. The molecule has 2 aliphatic rings. The molecular formula is C17H22F2N2O. The highest BCUT2D eigenvalue weighted by Crippen LogP contribution is 2.28. The number of hydrogen-bond acceptors (Lipinski definition) is 2. The quantitative estimate of drug-likeness (QED) is 0.911. The van der Waals surface area contributed by atoms with Crippen LogP contribution in [0.1, 0.15) is 47.5 Å². The molecule has 0 radical (unpaired) electrons. The van der Waals surface area contributed by atoms with Crippen molar-refractivity contribution in [3.63, 3.8) is 0 Å². The zero-order valence-electron chi connectivity index (χ0n) is 12.7. The van der Waals surface area contributed by atoms with Crippen LogP contribution in [0.4, 0.5) is 8.78 Å². The lowest BCUT2D eigenvalue weighted by molar-refractivity contribution is -0.0560. The van der Waals surface area contributed by atoms with Gasteiger partial charge in [-0.05, 0) is 49.4 Å². The summed E-state index contributed by atoms with van der Waals surface area (Å²) in [6.07, 6.45) is 2.56. The molecule has 2 aliphatic heterocycles. The van der Waals surface area contributed by atoms with Gasteiger partial charge in [0, 0.05) is 25.1 Å². The lowest BCUT2D eigenvalue weighted by Crippen LogP contribution is -2.45. The normalized spacial score (nSPS) is 25.0. The first-order chi connectivity index (χ1) is 10.6. The molecule has 0 bridgehead atoms. The average Bonchev–Trinajstić information content (AvgIpc) is 2.54. The molecular weight excluding hydrogens is 286 g/mol. The number of halogens is 2. The first kappa shape index (κ1) is 15.4. The molecule has 0 aromatic heterocycles. The number of nitrogens with zero attached hydrogens (tertiary/aromatic N) is 1. The van der Waals surface area contributed by atoms with E-state index in [4.69, 9.17) is 0 Å². The fourth-order valence-corrected chi connectivity index (χ4v) is 3.36. The number of carbonyl (C=O) groups is 1. The Balaban J connectivity index is 1.68. The summed E-state index contributed by atoms with van der Waals surface area (Å²) >= 11 is 0. The predicted molar refractivity (Wildman–Crippen MR) is 81.4 cm³/mol. The molecule has 2 heterocycles. The van der Waals surface area contributed by atoms with Gasteiger partial charge in [-0.3, -0.25) is 4.79 Å². The van der Waals surface area contributed by atoms with Crippen LogP contribution in [0.15, 0.2) is 24.3 Å². The number of piperidine rings is 2. The van der Waals surface area contributed by atoms with Gasteiger partial charge in [0.1, 0.15) is 0 Å². The summed E-state index contributed by atoms with van der Waals surface area (Å²) in [5, 5.41) is 3.37. The maximum absolute atomic E-state index is 13.4. The number of nitrogens with one attached hydrogen (secondary N) is 1. The van der Waals surface area contributed by atoms with Gasteiger partial charge in [-0.2, -0.15) is 0 Å². The van der Waals surface area contributed by atoms with Crippen LogP contribution in [0.2, 0.25) is 0 Å². The Morgan fingerprint density at radius 3 is 2.64 bits per heavy atom. The van der Waals surface area contributed by atoms with Gasteiger partial charge in [-0.1, -0.05) is 12.1 Å². The SMILES string of the molecule is O=C(c1ccc(C2CCCNC2)cc1)N1CCCC(F)(F)C1. The van der Waals surface area contributed by atoms with Gasteiger partial charge in [0.25, 0.3) is 11.8 Å². The third kappa shape index (κ3) is 3.46. The van der Waals surface area contributed by atoms with Crippen molar-refractivity contribution in [3.8, 4) is 0 Å². The van der Waals surface area contributed by atoms with Crippen molar-refractivity contribution in [2.45, 2.75) is 37.5 Å². The average molecular weight is 308 g/mol. The summed E-state index contributed by atoms with van der Waals surface area (Å²) in [4.78, 5) is 13.6. The van der Waals surface area contributed by atoms with Crippen LogP contribution in [0, 0.1) is 0 Å². The Bertz CT molecular complexity index is 524. The Kier molecular flexibility index (Phi) is 4.43. The van der Waals surface area contributed by atoms with Gasteiger partial charge >= 0.3 is 0 Å². The highest BCUT2D eigenvalue weighted by Gasteiger charge is 2.37. The second kappa shape index (κ2) is 6.32. The van der Waals surface area contributed by atoms with Crippen LogP contribution in [-0.2, 0) is 0 Å². The fraction of sp³-hybridized carbons (Fsp3) is 0.588. The minimum atomic E-state index is -2.75. The molecule has 3 rings (SSSR count). The molecule has 3 nitrogen and oxygen atoms in total. The molecule has 120 valence electrons. The molecule has 2 saturated heterocycles. The standard InChI is InChI=1S/C17H22F2N2O/c18-17(19)8-2-10-21(12-17)16(22)14-6-4-13(5-7-14)15-3-1-9-20-11-15/h4-7,15,20H,1-3,8-12H2. The van der Waals surface area contributed by atoms with Gasteiger partial charge in [0.05, 0.1) is 6.54 Å². The molecule has 22 heavy (non-hydrogen) atoms. The maximum Gasteiger partial charge on any atom is 0.265 e. The van der Waals surface area contributed by atoms with Gasteiger partial charge < -0.3 is 10.2 Å². The molecule has 1 N–H and O–H groups in total. The van der Waals surface area contributed by atoms with E-state index >= 15 is 0 Å². The molecule has 5 heteroatoms. The first-order valence-corrected chi connectivity index (χ1v) is 8.03. The maximum atomic E-state index is 13.4. The van der Waals surface area contributed by atoms with E-state index in [0.717, 1.165) is 25.9 Å². The smallest absolute Gasteiger partial charge is 0.265 e. The summed E-state index contributed by atoms with van der Waals surface area (Å²) in [5.74, 6) is -2.55. The summed E-state index contributed by atoms with van der Waals surface area (Å²) in [7, 11) is 0. The van der Waals surface area contributed by atoms with Crippen molar-refractivity contribution in [2.75, 3.05) is 26.2 Å². The molecule has 1 unspecified atom stereocenters. The van der Waals surface area contributed by atoms with E-state index < -0.39 is 12.5 Å². The Morgan fingerprint density at radius 1 is 1.23 bits per heavy atom. The van der Waals surface area contributed by atoms with Gasteiger partial charge in [0.15, 0.2) is 0 Å². The van der Waals surface area contributed by atoms with E-state index in [0.29, 0.717) is 24.4 Å². The fourth-order valence-electron chi connectivity index (χ4n) is 3.36. The van der Waals surface area contributed by atoms with Crippen molar-refractivity contribution < 1.29 is 13.6 Å². The molecule has 1 aromatic rings. The summed E-state index contributed by atoms with van der Waals surface area (Å²) in [6, 6.07) is 7.48. The molecule has 0 saturated carbocycles. The van der Waals surface area contributed by atoms with Crippen LogP contribution in [0.3, 0.4) is 0 Å². The van der Waals surface area contributed by atoms with Crippen LogP contribution in [0.5, 0.6) is 0 Å². The molecule has 1 atom stereocenters. The van der Waals surface area contributed by atoms with Crippen molar-refractivity contribution in [1.29, 1.82) is 0 Å². The number of alkyl halides is 2. The van der Waals surface area contributed by atoms with Crippen LogP contribution in [-0.4, -0.2) is 42.9 Å². The second-order valence-corrected chi connectivity index (χ2v) is 6.35. The third-order valence-corrected chi connectivity index (χ3v) is 4.61. The zero-order chi connectivity index (χ0) is 15.6. The van der Waals surface area contributed by atoms with Crippen molar-refractivity contribution in [1.82, 2.24) is 10.2 Å². The molecule has 0 aliphatic carbocycles. The largest absolute Gasteiger partial charge is 0.333 e. The van der Waals surface area contributed by atoms with Crippen molar-refractivity contribution in [2.24, 2.45) is 0 Å². The van der Waals surface area contributed by atoms with E-state index in [-0.39, 0.29) is 12.3 Å². The van der Waals surface area contributed by atoms with Gasteiger partial charge in [-0.15, -0.1) is 0 Å².